The third-order valence-corrected chi connectivity index (χ3v) is 4.68. The van der Waals surface area contributed by atoms with E-state index in [4.69, 9.17) is 0 Å². The second-order valence-corrected chi connectivity index (χ2v) is 7.08. The van der Waals surface area contributed by atoms with Crippen molar-refractivity contribution in [1.82, 2.24) is 0 Å². The summed E-state index contributed by atoms with van der Waals surface area (Å²) in [7, 11) is -2.91. The molecule has 3 nitrogen and oxygen atoms in total. The zero-order valence-corrected chi connectivity index (χ0v) is 9.33. The number of aliphatic hydroxyl groups is 1. The highest BCUT2D eigenvalue weighted by Gasteiger charge is 2.55. The van der Waals surface area contributed by atoms with Crippen LogP contribution in [0.3, 0.4) is 0 Å². The van der Waals surface area contributed by atoms with Gasteiger partial charge in [0.2, 0.25) is 0 Å². The van der Waals surface area contributed by atoms with Crippen molar-refractivity contribution in [2.45, 2.75) is 31.8 Å². The molecule has 0 radical (unpaired) electrons. The van der Waals surface area contributed by atoms with Gasteiger partial charge in [-0.05, 0) is 37.0 Å². The van der Waals surface area contributed by atoms with Crippen LogP contribution in [0.1, 0.15) is 25.7 Å². The van der Waals surface area contributed by atoms with E-state index in [-0.39, 0.29) is 11.9 Å². The number of hydrogen-bond donors (Lipinski definition) is 1. The van der Waals surface area contributed by atoms with E-state index in [2.05, 4.69) is 0 Å². The van der Waals surface area contributed by atoms with Crippen molar-refractivity contribution < 1.29 is 13.5 Å². The van der Waals surface area contributed by atoms with E-state index in [9.17, 15) is 13.5 Å². The third-order valence-electron chi connectivity index (χ3n) is 3.70. The Kier molecular flexibility index (Phi) is 2.60. The van der Waals surface area contributed by atoms with Crippen LogP contribution in [-0.2, 0) is 9.84 Å². The van der Waals surface area contributed by atoms with Crippen molar-refractivity contribution in [3.8, 4) is 0 Å². The minimum Gasteiger partial charge on any atom is -0.393 e. The van der Waals surface area contributed by atoms with Gasteiger partial charge in [-0.2, -0.15) is 0 Å². The lowest BCUT2D eigenvalue weighted by molar-refractivity contribution is 0.132. The van der Waals surface area contributed by atoms with Gasteiger partial charge in [0.1, 0.15) is 9.84 Å². The Morgan fingerprint density at radius 1 is 1.36 bits per heavy atom. The van der Waals surface area contributed by atoms with Crippen LogP contribution >= 0.6 is 0 Å². The molecule has 0 heterocycles. The predicted molar refractivity (Wildman–Crippen MR) is 54.7 cm³/mol. The molecular weight excluding hydrogens is 200 g/mol. The van der Waals surface area contributed by atoms with Gasteiger partial charge in [-0.15, -0.1) is 0 Å². The van der Waals surface area contributed by atoms with Crippen molar-refractivity contribution in [1.29, 1.82) is 0 Å². The number of hydrogen-bond acceptors (Lipinski definition) is 3. The van der Waals surface area contributed by atoms with E-state index in [1.807, 2.05) is 0 Å². The SMILES string of the molecule is CS(=O)(=O)CCC(O)C1C2CCCC21. The average Bonchev–Trinajstić information content (AvgIpc) is 2.54. The maximum Gasteiger partial charge on any atom is 0.147 e. The van der Waals surface area contributed by atoms with Gasteiger partial charge in [-0.25, -0.2) is 8.42 Å². The first-order valence-corrected chi connectivity index (χ1v) is 7.41. The largest absolute Gasteiger partial charge is 0.393 e. The first-order chi connectivity index (χ1) is 6.49. The predicted octanol–water partition coefficient (Wildman–Crippen LogP) is 0.828. The summed E-state index contributed by atoms with van der Waals surface area (Å²) in [6.07, 6.45) is 5.06. The van der Waals surface area contributed by atoms with E-state index >= 15 is 0 Å². The van der Waals surface area contributed by atoms with Crippen molar-refractivity contribution >= 4 is 9.84 Å². The van der Waals surface area contributed by atoms with Crippen molar-refractivity contribution in [3.63, 3.8) is 0 Å². The average molecular weight is 218 g/mol. The Bertz CT molecular complexity index is 299. The molecule has 0 bridgehead atoms. The van der Waals surface area contributed by atoms with Gasteiger partial charge >= 0.3 is 0 Å². The lowest BCUT2D eigenvalue weighted by Gasteiger charge is -2.11. The van der Waals surface area contributed by atoms with Crippen molar-refractivity contribution in [3.05, 3.63) is 0 Å². The fraction of sp³-hybridized carbons (Fsp3) is 1.00. The van der Waals surface area contributed by atoms with Crippen LogP contribution in [-0.4, -0.2) is 31.6 Å². The van der Waals surface area contributed by atoms with E-state index in [1.165, 1.54) is 25.5 Å². The smallest absolute Gasteiger partial charge is 0.147 e. The van der Waals surface area contributed by atoms with Crippen LogP contribution in [0.2, 0.25) is 0 Å². The summed E-state index contributed by atoms with van der Waals surface area (Å²) in [6, 6.07) is 0. The Labute approximate surface area is 85.4 Å². The molecule has 0 aromatic carbocycles. The lowest BCUT2D eigenvalue weighted by Crippen LogP contribution is -2.18. The second-order valence-electron chi connectivity index (χ2n) is 4.82. The monoisotopic (exact) mass is 218 g/mol. The van der Waals surface area contributed by atoms with E-state index in [0.29, 0.717) is 24.2 Å². The van der Waals surface area contributed by atoms with E-state index < -0.39 is 9.84 Å². The Morgan fingerprint density at radius 2 is 1.93 bits per heavy atom. The van der Waals surface area contributed by atoms with Gasteiger partial charge in [-0.1, -0.05) is 6.42 Å². The zero-order chi connectivity index (χ0) is 10.3. The summed E-state index contributed by atoms with van der Waals surface area (Å²) in [6.45, 7) is 0. The quantitative estimate of drug-likeness (QED) is 0.760. The van der Waals surface area contributed by atoms with Crippen LogP contribution in [0.25, 0.3) is 0 Å². The lowest BCUT2D eigenvalue weighted by atomic mass is 10.1. The van der Waals surface area contributed by atoms with E-state index in [0.717, 1.165) is 0 Å². The maximum atomic E-state index is 10.9. The highest BCUT2D eigenvalue weighted by molar-refractivity contribution is 7.90. The molecule has 0 aromatic rings. The number of sulfone groups is 1. The molecule has 2 aliphatic carbocycles. The summed E-state index contributed by atoms with van der Waals surface area (Å²) >= 11 is 0. The number of fused-ring (bicyclic) bond motifs is 1. The Morgan fingerprint density at radius 3 is 2.43 bits per heavy atom. The molecule has 1 N–H and O–H groups in total. The van der Waals surface area contributed by atoms with Crippen molar-refractivity contribution in [2.75, 3.05) is 12.0 Å². The fourth-order valence-corrected chi connectivity index (χ4v) is 3.64. The van der Waals surface area contributed by atoms with Gasteiger partial charge in [0.15, 0.2) is 0 Å². The molecule has 2 saturated carbocycles. The van der Waals surface area contributed by atoms with Gasteiger partial charge in [0, 0.05) is 6.26 Å². The molecule has 0 aliphatic heterocycles. The highest BCUT2D eigenvalue weighted by Crippen LogP contribution is 2.59. The van der Waals surface area contributed by atoms with Gasteiger partial charge in [-0.3, -0.25) is 0 Å². The minimum atomic E-state index is -2.91. The molecule has 0 aromatic heterocycles. The summed E-state index contributed by atoms with van der Waals surface area (Å²) in [4.78, 5) is 0. The van der Waals surface area contributed by atoms with Gasteiger partial charge in [0.05, 0.1) is 11.9 Å². The summed E-state index contributed by atoms with van der Waals surface area (Å²) in [5.74, 6) is 1.98. The number of rotatable bonds is 4. The van der Waals surface area contributed by atoms with Crippen molar-refractivity contribution in [2.24, 2.45) is 17.8 Å². The molecule has 0 amide bonds. The molecule has 14 heavy (non-hydrogen) atoms. The van der Waals surface area contributed by atoms with Crippen LogP contribution in [0, 0.1) is 17.8 Å². The summed E-state index contributed by atoms with van der Waals surface area (Å²) in [5.41, 5.74) is 0. The standard InChI is InChI=1S/C10H18O3S/c1-14(12,13)6-5-9(11)10-7-3-2-4-8(7)10/h7-11H,2-6H2,1H3. The topological polar surface area (TPSA) is 54.4 Å². The van der Waals surface area contributed by atoms with E-state index in [1.54, 1.807) is 0 Å². The third kappa shape index (κ3) is 2.11. The van der Waals surface area contributed by atoms with Gasteiger partial charge < -0.3 is 5.11 Å². The summed E-state index contributed by atoms with van der Waals surface area (Å²) < 4.78 is 21.8. The molecule has 2 aliphatic rings. The molecule has 0 saturated heterocycles. The maximum absolute atomic E-state index is 10.9. The molecule has 2 rings (SSSR count). The zero-order valence-electron chi connectivity index (χ0n) is 8.52. The van der Waals surface area contributed by atoms with Crippen LogP contribution in [0.5, 0.6) is 0 Å². The molecule has 0 spiro atoms. The number of aliphatic hydroxyl groups excluding tert-OH is 1. The highest BCUT2D eigenvalue weighted by atomic mass is 32.2. The molecule has 3 unspecified atom stereocenters. The Balaban J connectivity index is 1.78. The molecule has 4 heteroatoms. The fourth-order valence-electron chi connectivity index (χ4n) is 2.97. The molecule has 82 valence electrons. The van der Waals surface area contributed by atoms with Crippen LogP contribution in [0.15, 0.2) is 0 Å². The summed E-state index contributed by atoms with van der Waals surface area (Å²) in [5, 5.41) is 9.79. The first-order valence-electron chi connectivity index (χ1n) is 5.35. The van der Waals surface area contributed by atoms with Gasteiger partial charge in [0.25, 0.3) is 0 Å². The second kappa shape index (κ2) is 3.49. The molecular formula is C10H18O3S. The first kappa shape index (κ1) is 10.4. The Hall–Kier alpha value is -0.0900. The normalized spacial score (nSPS) is 38.0. The minimum absolute atomic E-state index is 0.129. The van der Waals surface area contributed by atoms with Crippen LogP contribution in [0.4, 0.5) is 0 Å². The molecule has 2 fully saturated rings. The van der Waals surface area contributed by atoms with Crippen LogP contribution < -0.4 is 0 Å². The molecule has 3 atom stereocenters.